The number of anilines is 1. The molecule has 29 heavy (non-hydrogen) atoms. The van der Waals surface area contributed by atoms with Crippen LogP contribution in [-0.4, -0.2) is 38.6 Å². The number of hydrogen-bond acceptors (Lipinski definition) is 5. The van der Waals surface area contributed by atoms with E-state index in [9.17, 15) is 10.1 Å². The van der Waals surface area contributed by atoms with Gasteiger partial charge in [0, 0.05) is 17.0 Å². The lowest BCUT2D eigenvalue weighted by Gasteiger charge is -2.03. The van der Waals surface area contributed by atoms with Gasteiger partial charge in [0.2, 0.25) is 5.91 Å². The quantitative estimate of drug-likeness (QED) is 0.461. The summed E-state index contributed by atoms with van der Waals surface area (Å²) >= 11 is 3.08. The molecule has 3 rings (SSSR count). The molecule has 0 saturated heterocycles. The predicted octanol–water partition coefficient (Wildman–Crippen LogP) is 4.53. The molecule has 8 heteroatoms. The summed E-state index contributed by atoms with van der Waals surface area (Å²) in [6.07, 6.45) is 2.88. The minimum atomic E-state index is -0.181. The number of benzene rings is 1. The third kappa shape index (κ3) is 5.05. The van der Waals surface area contributed by atoms with Gasteiger partial charge in [-0.2, -0.15) is 17.0 Å². The van der Waals surface area contributed by atoms with E-state index in [2.05, 4.69) is 26.3 Å². The van der Waals surface area contributed by atoms with Crippen molar-refractivity contribution in [2.24, 2.45) is 0 Å². The molecule has 2 aromatic heterocycles. The molecule has 3 N–H and O–H groups in total. The van der Waals surface area contributed by atoms with Gasteiger partial charge in [0.15, 0.2) is 5.16 Å². The lowest BCUT2D eigenvalue weighted by atomic mass is 10.1. The largest absolute Gasteiger partial charge is 0.344 e. The average Bonchev–Trinajstić information content (AvgIpc) is 3.24. The molecule has 1 aromatic carbocycles. The summed E-state index contributed by atoms with van der Waals surface area (Å²) in [4.78, 5) is 23.5. The van der Waals surface area contributed by atoms with Crippen LogP contribution in [0.3, 0.4) is 0 Å². The van der Waals surface area contributed by atoms with Gasteiger partial charge >= 0.3 is 0 Å². The number of aryl methyl sites for hydroxylation is 2. The molecule has 150 valence electrons. The fourth-order valence-electron chi connectivity index (χ4n) is 3.02. The van der Waals surface area contributed by atoms with Crippen molar-refractivity contribution >= 4 is 35.2 Å². The first kappa shape index (κ1) is 21.1. The molecule has 0 aliphatic heterocycles. The number of carbonyl (C=O) groups is 1. The van der Waals surface area contributed by atoms with Gasteiger partial charge in [0.05, 0.1) is 17.0 Å². The zero-order valence-electron chi connectivity index (χ0n) is 16.6. The van der Waals surface area contributed by atoms with Crippen LogP contribution in [-0.2, 0) is 11.2 Å². The lowest BCUT2D eigenvalue weighted by Crippen LogP contribution is -2.15. The zero-order chi connectivity index (χ0) is 20.8. The number of aromatic nitrogens is 3. The monoisotopic (exact) mass is 425 g/mol. The smallest absolute Gasteiger partial charge is 0.235 e. The van der Waals surface area contributed by atoms with Crippen molar-refractivity contribution in [2.75, 3.05) is 23.1 Å². The molecular formula is C21H23N5OS2. The molecule has 0 atom stereocenters. The Kier molecular flexibility index (Phi) is 7.07. The van der Waals surface area contributed by atoms with Crippen LogP contribution in [0.15, 0.2) is 35.5 Å². The summed E-state index contributed by atoms with van der Waals surface area (Å²) in [6.45, 7) is 3.88. The first-order valence-corrected chi connectivity index (χ1v) is 11.6. The number of nitriles is 1. The normalized spacial score (nSPS) is 10.7. The first-order chi connectivity index (χ1) is 14.0. The number of nitrogens with zero attached hydrogens (tertiary/aromatic N) is 2. The van der Waals surface area contributed by atoms with Gasteiger partial charge < -0.3 is 15.3 Å². The van der Waals surface area contributed by atoms with Crippen LogP contribution in [0, 0.1) is 25.2 Å². The molecule has 0 bridgehead atoms. The summed E-state index contributed by atoms with van der Waals surface area (Å²) < 4.78 is 0. The Morgan fingerprint density at radius 3 is 2.69 bits per heavy atom. The van der Waals surface area contributed by atoms with Gasteiger partial charge in [0.1, 0.15) is 11.9 Å². The summed E-state index contributed by atoms with van der Waals surface area (Å²) in [6, 6.07) is 12.1. The summed E-state index contributed by atoms with van der Waals surface area (Å²) in [7, 11) is 0. The number of hydrogen-bond donors (Lipinski definition) is 3. The van der Waals surface area contributed by atoms with Crippen LogP contribution < -0.4 is 5.32 Å². The number of aromatic amines is 2. The van der Waals surface area contributed by atoms with E-state index < -0.39 is 0 Å². The van der Waals surface area contributed by atoms with Gasteiger partial charge in [-0.25, -0.2) is 4.98 Å². The number of H-pyrrole nitrogens is 2. The molecule has 0 aliphatic carbocycles. The third-order valence-electron chi connectivity index (χ3n) is 4.54. The maximum atomic E-state index is 12.4. The number of nitrogens with one attached hydrogen (secondary N) is 3. The Hall–Kier alpha value is -2.63. The van der Waals surface area contributed by atoms with Crippen molar-refractivity contribution < 1.29 is 4.79 Å². The SMILES string of the molecule is CSCCc1[nH]c(NC(=O)CSc2nc(-c3ccccc3)c(C)[nH]2)c(C#N)c1C. The van der Waals surface area contributed by atoms with Gasteiger partial charge in [-0.3, -0.25) is 4.79 Å². The summed E-state index contributed by atoms with van der Waals surface area (Å²) in [5, 5.41) is 13.0. The molecule has 0 unspecified atom stereocenters. The van der Waals surface area contributed by atoms with E-state index in [0.717, 1.165) is 40.4 Å². The van der Waals surface area contributed by atoms with Crippen LogP contribution in [0.5, 0.6) is 0 Å². The van der Waals surface area contributed by atoms with Crippen molar-refractivity contribution in [3.63, 3.8) is 0 Å². The maximum absolute atomic E-state index is 12.4. The second-order valence-corrected chi connectivity index (χ2v) is 8.50. The Balaban J connectivity index is 1.65. The second-order valence-electron chi connectivity index (χ2n) is 6.55. The van der Waals surface area contributed by atoms with Crippen molar-refractivity contribution in [3.05, 3.63) is 52.8 Å². The lowest BCUT2D eigenvalue weighted by molar-refractivity contribution is -0.113. The van der Waals surface area contributed by atoms with E-state index in [1.165, 1.54) is 11.8 Å². The highest BCUT2D eigenvalue weighted by Crippen LogP contribution is 2.26. The number of amides is 1. The number of thioether (sulfide) groups is 2. The molecule has 0 saturated carbocycles. The van der Waals surface area contributed by atoms with Crippen LogP contribution in [0.25, 0.3) is 11.3 Å². The second kappa shape index (κ2) is 9.72. The molecular weight excluding hydrogens is 402 g/mol. The van der Waals surface area contributed by atoms with Crippen LogP contribution in [0.4, 0.5) is 5.82 Å². The highest BCUT2D eigenvalue weighted by molar-refractivity contribution is 7.99. The Labute approximate surface area is 178 Å². The molecule has 0 radical (unpaired) electrons. The van der Waals surface area contributed by atoms with E-state index in [0.29, 0.717) is 16.5 Å². The van der Waals surface area contributed by atoms with Crippen molar-refractivity contribution in [3.8, 4) is 17.3 Å². The minimum absolute atomic E-state index is 0.181. The molecule has 2 heterocycles. The number of carbonyl (C=O) groups excluding carboxylic acids is 1. The van der Waals surface area contributed by atoms with E-state index >= 15 is 0 Å². The van der Waals surface area contributed by atoms with Gasteiger partial charge in [-0.1, -0.05) is 42.1 Å². The standard InChI is InChI=1S/C21H23N5OS2/c1-13-16(11-22)20(24-17(13)9-10-28-3)25-18(27)12-29-21-23-14(2)19(26-21)15-7-5-4-6-8-15/h4-8,24H,9-10,12H2,1-3H3,(H,23,26)(H,25,27). The number of imidazole rings is 1. The molecule has 3 aromatic rings. The highest BCUT2D eigenvalue weighted by Gasteiger charge is 2.17. The maximum Gasteiger partial charge on any atom is 0.235 e. The van der Waals surface area contributed by atoms with E-state index in [-0.39, 0.29) is 11.7 Å². The average molecular weight is 426 g/mol. The Bertz CT molecular complexity index is 1030. The van der Waals surface area contributed by atoms with E-state index in [4.69, 9.17) is 0 Å². The third-order valence-corrected chi connectivity index (χ3v) is 6.02. The highest BCUT2D eigenvalue weighted by atomic mass is 32.2. The van der Waals surface area contributed by atoms with Gasteiger partial charge in [-0.15, -0.1) is 0 Å². The van der Waals surface area contributed by atoms with E-state index in [1.54, 1.807) is 11.8 Å². The summed E-state index contributed by atoms with van der Waals surface area (Å²) in [5.74, 6) is 1.45. The molecule has 0 aliphatic rings. The minimum Gasteiger partial charge on any atom is -0.344 e. The topological polar surface area (TPSA) is 97.4 Å². The van der Waals surface area contributed by atoms with Gasteiger partial charge in [-0.05, 0) is 37.8 Å². The van der Waals surface area contributed by atoms with Crippen LogP contribution in [0.1, 0.15) is 22.5 Å². The fourth-order valence-corrected chi connectivity index (χ4v) is 4.15. The van der Waals surface area contributed by atoms with Crippen LogP contribution >= 0.6 is 23.5 Å². The Morgan fingerprint density at radius 2 is 2.00 bits per heavy atom. The van der Waals surface area contributed by atoms with Gasteiger partial charge in [0.25, 0.3) is 0 Å². The molecule has 0 fully saturated rings. The zero-order valence-corrected chi connectivity index (χ0v) is 18.3. The van der Waals surface area contributed by atoms with E-state index in [1.807, 2.05) is 50.4 Å². The molecule has 1 amide bonds. The molecule has 0 spiro atoms. The molecule has 6 nitrogen and oxygen atoms in total. The van der Waals surface area contributed by atoms with Crippen molar-refractivity contribution in [1.29, 1.82) is 5.26 Å². The fraction of sp³-hybridized carbons (Fsp3) is 0.286. The van der Waals surface area contributed by atoms with Crippen molar-refractivity contribution in [2.45, 2.75) is 25.4 Å². The van der Waals surface area contributed by atoms with Crippen LogP contribution in [0.2, 0.25) is 0 Å². The summed E-state index contributed by atoms with van der Waals surface area (Å²) in [5.41, 5.74) is 5.28. The number of rotatable bonds is 8. The predicted molar refractivity (Wildman–Crippen MR) is 120 cm³/mol. The van der Waals surface area contributed by atoms with Crippen molar-refractivity contribution in [1.82, 2.24) is 15.0 Å². The Morgan fingerprint density at radius 1 is 1.24 bits per heavy atom. The first-order valence-electron chi connectivity index (χ1n) is 9.18.